The van der Waals surface area contributed by atoms with Gasteiger partial charge >= 0.3 is 0 Å². The van der Waals surface area contributed by atoms with Crippen LogP contribution in [0.5, 0.6) is 0 Å². The third-order valence-electron chi connectivity index (χ3n) is 8.48. The van der Waals surface area contributed by atoms with Crippen molar-refractivity contribution in [1.29, 1.82) is 0 Å². The number of anilines is 3. The molecule has 0 aliphatic carbocycles. The minimum Gasteiger partial charge on any atom is -0.311 e. The zero-order valence-electron chi connectivity index (χ0n) is 36.4. The van der Waals surface area contributed by atoms with E-state index in [1.54, 1.807) is 18.2 Å². The number of nitrogens with zero attached hydrogens (tertiary/aromatic N) is 1. The van der Waals surface area contributed by atoms with Crippen molar-refractivity contribution in [3.05, 3.63) is 212 Å². The Labute approximate surface area is 303 Å². The fraction of sp³-hybridized carbons (Fsp3) is 0. The Morgan fingerprint density at radius 1 is 0.286 bits per heavy atom. The van der Waals surface area contributed by atoms with Gasteiger partial charge in [-0.3, -0.25) is 0 Å². The standard InChI is InChI=1S/C48H35N/c1-5-13-36(14-6-1)38-21-28-44(29-22-38)49(45-30-23-39(24-31-45)37-15-7-2-8-16-37)46-32-25-40(26-33-46)43-27-34-47(41-17-9-3-10-18-41)48(35-43)42-19-11-4-12-20-42/h1-35H/i3D,4D,9D,10D,11D,12D,17D,18D,19D,20D. The maximum atomic E-state index is 8.82. The third kappa shape index (κ3) is 6.43. The van der Waals surface area contributed by atoms with E-state index in [1.165, 1.54) is 0 Å². The molecule has 0 unspecified atom stereocenters. The molecule has 0 saturated heterocycles. The van der Waals surface area contributed by atoms with Crippen LogP contribution in [0.4, 0.5) is 17.1 Å². The molecule has 0 fully saturated rings. The van der Waals surface area contributed by atoms with Crippen LogP contribution in [0.1, 0.15) is 13.7 Å². The largest absolute Gasteiger partial charge is 0.311 e. The zero-order valence-corrected chi connectivity index (χ0v) is 26.4. The molecule has 1 nitrogen and oxygen atoms in total. The molecule has 0 aliphatic rings. The topological polar surface area (TPSA) is 3.24 Å². The molecule has 0 saturated carbocycles. The summed E-state index contributed by atoms with van der Waals surface area (Å²) in [4.78, 5) is 2.16. The van der Waals surface area contributed by atoms with Crippen LogP contribution in [0.25, 0.3) is 55.6 Å². The predicted octanol–water partition coefficient (Wildman–Crippen LogP) is 13.5. The fourth-order valence-electron chi connectivity index (χ4n) is 6.04. The minimum atomic E-state index is -0.561. The normalized spacial score (nSPS) is 13.7. The van der Waals surface area contributed by atoms with Gasteiger partial charge in [0.05, 0.1) is 13.7 Å². The lowest BCUT2D eigenvalue weighted by atomic mass is 9.91. The first-order chi connectivity index (χ1) is 28.4. The van der Waals surface area contributed by atoms with E-state index < -0.39 is 60.4 Å². The molecule has 0 amide bonds. The minimum absolute atomic E-state index is 0.132. The molecule has 0 atom stereocenters. The molecule has 0 heterocycles. The number of benzene rings is 8. The van der Waals surface area contributed by atoms with Gasteiger partial charge in [-0.15, -0.1) is 0 Å². The van der Waals surface area contributed by atoms with Crippen molar-refractivity contribution >= 4 is 17.1 Å². The first-order valence-electron chi connectivity index (χ1n) is 20.9. The van der Waals surface area contributed by atoms with Gasteiger partial charge in [0.1, 0.15) is 0 Å². The molecular weight excluding hydrogens is 591 g/mol. The molecule has 49 heavy (non-hydrogen) atoms. The van der Waals surface area contributed by atoms with Crippen LogP contribution >= 0.6 is 0 Å². The van der Waals surface area contributed by atoms with Crippen molar-refractivity contribution < 1.29 is 13.7 Å². The number of rotatable bonds is 8. The smallest absolute Gasteiger partial charge is 0.0629 e. The summed E-state index contributed by atoms with van der Waals surface area (Å²) in [5, 5.41) is 0. The van der Waals surface area contributed by atoms with Crippen LogP contribution in [0, 0.1) is 0 Å². The number of hydrogen-bond acceptors (Lipinski definition) is 1. The molecule has 0 N–H and O–H groups in total. The summed E-state index contributed by atoms with van der Waals surface area (Å²) >= 11 is 0. The molecule has 0 spiro atoms. The van der Waals surface area contributed by atoms with Crippen molar-refractivity contribution in [1.82, 2.24) is 0 Å². The highest BCUT2D eigenvalue weighted by atomic mass is 15.1. The molecule has 1 heteroatoms. The quantitative estimate of drug-likeness (QED) is 0.161. The van der Waals surface area contributed by atoms with Gasteiger partial charge in [0.2, 0.25) is 0 Å². The Kier molecular flexibility index (Phi) is 5.81. The van der Waals surface area contributed by atoms with Gasteiger partial charge in [0.15, 0.2) is 0 Å². The van der Waals surface area contributed by atoms with E-state index in [-0.39, 0.29) is 22.3 Å². The Bertz CT molecular complexity index is 2700. The summed E-state index contributed by atoms with van der Waals surface area (Å²) in [6.45, 7) is 0. The SMILES string of the molecule is [2H]c1c([2H])c([2H])c(-c2ccc(-c3ccc(N(c4ccc(-c5ccccc5)cc4)c4ccc(-c5ccccc5)cc4)cc3)cc2-c2c([2H])c([2H])c([2H])c([2H])c2[2H])c([2H])c1[2H]. The van der Waals surface area contributed by atoms with Crippen LogP contribution in [-0.2, 0) is 0 Å². The van der Waals surface area contributed by atoms with Crippen LogP contribution in [0.2, 0.25) is 0 Å². The van der Waals surface area contributed by atoms with E-state index in [2.05, 4.69) is 77.7 Å². The van der Waals surface area contributed by atoms with E-state index in [0.717, 1.165) is 44.9 Å². The second-order valence-corrected chi connectivity index (χ2v) is 11.5. The fourth-order valence-corrected chi connectivity index (χ4v) is 6.04. The molecule has 8 rings (SSSR count). The molecular formula is C48H35N. The lowest BCUT2D eigenvalue weighted by Crippen LogP contribution is -2.09. The molecule has 8 aromatic rings. The predicted molar refractivity (Wildman–Crippen MR) is 208 cm³/mol. The molecule has 8 aromatic carbocycles. The highest BCUT2D eigenvalue weighted by Gasteiger charge is 2.15. The van der Waals surface area contributed by atoms with E-state index >= 15 is 0 Å². The molecule has 232 valence electrons. The summed E-state index contributed by atoms with van der Waals surface area (Å²) in [7, 11) is 0. The van der Waals surface area contributed by atoms with Crippen molar-refractivity contribution in [2.75, 3.05) is 4.90 Å². The average molecular weight is 636 g/mol. The second-order valence-electron chi connectivity index (χ2n) is 11.5. The van der Waals surface area contributed by atoms with Crippen LogP contribution in [0.15, 0.2) is 212 Å². The molecule has 0 bridgehead atoms. The maximum Gasteiger partial charge on any atom is 0.0629 e. The van der Waals surface area contributed by atoms with Crippen LogP contribution in [0.3, 0.4) is 0 Å². The van der Waals surface area contributed by atoms with Crippen molar-refractivity contribution in [3.8, 4) is 55.6 Å². The molecule has 0 radical (unpaired) electrons. The van der Waals surface area contributed by atoms with E-state index in [0.29, 0.717) is 5.56 Å². The Balaban J connectivity index is 1.25. The first kappa shape index (κ1) is 20.7. The Morgan fingerprint density at radius 3 is 1.06 bits per heavy atom. The summed E-state index contributed by atoms with van der Waals surface area (Å²) in [5.74, 6) is 0. The van der Waals surface area contributed by atoms with E-state index in [9.17, 15) is 0 Å². The van der Waals surface area contributed by atoms with Crippen LogP contribution in [-0.4, -0.2) is 0 Å². The van der Waals surface area contributed by atoms with Gasteiger partial charge in [-0.25, -0.2) is 0 Å². The van der Waals surface area contributed by atoms with Gasteiger partial charge in [-0.1, -0.05) is 170 Å². The molecule has 0 aromatic heterocycles. The first-order valence-corrected chi connectivity index (χ1v) is 15.9. The Morgan fingerprint density at radius 2 is 0.633 bits per heavy atom. The van der Waals surface area contributed by atoms with Gasteiger partial charge in [0.25, 0.3) is 0 Å². The summed E-state index contributed by atoms with van der Waals surface area (Å²) in [6.07, 6.45) is 0. The van der Waals surface area contributed by atoms with Gasteiger partial charge in [0, 0.05) is 17.1 Å². The Hall–Kier alpha value is -6.44. The summed E-state index contributed by atoms with van der Waals surface area (Å²) in [5.41, 5.74) is 8.54. The third-order valence-corrected chi connectivity index (χ3v) is 8.48. The van der Waals surface area contributed by atoms with Crippen LogP contribution < -0.4 is 4.90 Å². The number of hydrogen-bond donors (Lipinski definition) is 0. The lowest BCUT2D eigenvalue weighted by Gasteiger charge is -2.26. The van der Waals surface area contributed by atoms with Gasteiger partial charge < -0.3 is 4.90 Å². The average Bonchev–Trinajstić information content (AvgIpc) is 3.28. The van der Waals surface area contributed by atoms with Crippen molar-refractivity contribution in [3.63, 3.8) is 0 Å². The summed E-state index contributed by atoms with van der Waals surface area (Å²) < 4.78 is 84.9. The van der Waals surface area contributed by atoms with E-state index in [1.807, 2.05) is 60.7 Å². The maximum absolute atomic E-state index is 8.82. The van der Waals surface area contributed by atoms with Gasteiger partial charge in [-0.2, -0.15) is 0 Å². The highest BCUT2D eigenvalue weighted by Crippen LogP contribution is 2.39. The highest BCUT2D eigenvalue weighted by molar-refractivity contribution is 5.88. The molecule has 0 aliphatic heterocycles. The van der Waals surface area contributed by atoms with E-state index in [4.69, 9.17) is 13.7 Å². The summed E-state index contributed by atoms with van der Waals surface area (Å²) in [6, 6.07) is 44.8. The van der Waals surface area contributed by atoms with Crippen molar-refractivity contribution in [2.45, 2.75) is 0 Å². The van der Waals surface area contributed by atoms with Crippen molar-refractivity contribution in [2.24, 2.45) is 0 Å². The second kappa shape index (κ2) is 13.7. The van der Waals surface area contributed by atoms with Gasteiger partial charge in [-0.05, 0) is 98.1 Å². The zero-order chi connectivity index (χ0) is 41.5. The monoisotopic (exact) mass is 635 g/mol. The lowest BCUT2D eigenvalue weighted by molar-refractivity contribution is 1.28.